The van der Waals surface area contributed by atoms with Crippen LogP contribution in [0.15, 0.2) is 24.3 Å². The van der Waals surface area contributed by atoms with Gasteiger partial charge in [-0.25, -0.2) is 0 Å². The second-order valence-corrected chi connectivity index (χ2v) is 2.97. The van der Waals surface area contributed by atoms with Gasteiger partial charge in [-0.15, -0.1) is 0 Å². The summed E-state index contributed by atoms with van der Waals surface area (Å²) >= 11 is 0. The summed E-state index contributed by atoms with van der Waals surface area (Å²) in [4.78, 5) is 11.1. The summed E-state index contributed by atoms with van der Waals surface area (Å²) in [6.07, 6.45) is 0.171. The van der Waals surface area contributed by atoms with Crippen molar-refractivity contribution in [2.45, 2.75) is 13.0 Å². The quantitative estimate of drug-likeness (QED) is 0.491. The van der Waals surface area contributed by atoms with E-state index in [-0.39, 0.29) is 11.9 Å². The van der Waals surface area contributed by atoms with Crippen LogP contribution in [-0.2, 0) is 4.74 Å². The predicted molar refractivity (Wildman–Crippen MR) is 45.1 cm³/mol. The zero-order valence-corrected chi connectivity index (χ0v) is 6.91. The number of rotatable bonds is 2. The van der Waals surface area contributed by atoms with Gasteiger partial charge in [0.15, 0.2) is 5.78 Å². The number of carbonyl (C=O) groups is 1. The highest BCUT2D eigenvalue weighted by Crippen LogP contribution is 2.32. The summed E-state index contributed by atoms with van der Waals surface area (Å²) < 4.78 is 5.13. The van der Waals surface area contributed by atoms with E-state index in [4.69, 9.17) is 4.74 Å². The number of Topliss-reactive ketones (excluding diaryl/α,β-unsaturated/α-hetero) is 1. The Kier molecular flexibility index (Phi) is 1.70. The van der Waals surface area contributed by atoms with Gasteiger partial charge in [0.05, 0.1) is 6.61 Å². The number of benzene rings is 1. The summed E-state index contributed by atoms with van der Waals surface area (Å²) in [5, 5.41) is 0. The van der Waals surface area contributed by atoms with E-state index < -0.39 is 0 Å². The number of hydrogen-bond donors (Lipinski definition) is 0. The van der Waals surface area contributed by atoms with Crippen LogP contribution in [0.4, 0.5) is 0 Å². The van der Waals surface area contributed by atoms with Crippen molar-refractivity contribution in [2.75, 3.05) is 6.61 Å². The fraction of sp³-hybridized carbons (Fsp3) is 0.300. The molecule has 1 saturated heterocycles. The maximum absolute atomic E-state index is 11.1. The van der Waals surface area contributed by atoms with Crippen LogP contribution < -0.4 is 0 Å². The molecule has 2 rings (SSSR count). The molecule has 12 heavy (non-hydrogen) atoms. The van der Waals surface area contributed by atoms with Crippen molar-refractivity contribution in [3.8, 4) is 0 Å². The molecule has 0 radical (unpaired) electrons. The topological polar surface area (TPSA) is 29.6 Å². The average molecular weight is 162 g/mol. The van der Waals surface area contributed by atoms with Crippen LogP contribution in [0.5, 0.6) is 0 Å². The molecule has 1 aliphatic heterocycles. The van der Waals surface area contributed by atoms with Crippen LogP contribution in [-0.4, -0.2) is 12.4 Å². The lowest BCUT2D eigenvalue weighted by Crippen LogP contribution is -1.97. The molecule has 0 bridgehead atoms. The molecule has 0 spiro atoms. The first kappa shape index (κ1) is 7.50. The minimum absolute atomic E-state index is 0.112. The molecule has 1 atom stereocenters. The molecule has 0 aromatic heterocycles. The third-order valence-corrected chi connectivity index (χ3v) is 2.02. The molecule has 0 N–H and O–H groups in total. The van der Waals surface area contributed by atoms with Gasteiger partial charge in [-0.2, -0.15) is 0 Å². The average Bonchev–Trinajstić information content (AvgIpc) is 2.87. The van der Waals surface area contributed by atoms with Gasteiger partial charge in [-0.3, -0.25) is 4.79 Å². The van der Waals surface area contributed by atoms with Gasteiger partial charge in [0.2, 0.25) is 0 Å². The van der Waals surface area contributed by atoms with Gasteiger partial charge in [-0.05, 0) is 12.5 Å². The van der Waals surface area contributed by atoms with Crippen LogP contribution in [0.25, 0.3) is 0 Å². The van der Waals surface area contributed by atoms with Crippen molar-refractivity contribution < 1.29 is 9.53 Å². The lowest BCUT2D eigenvalue weighted by molar-refractivity contribution is 0.101. The monoisotopic (exact) mass is 162 g/mol. The smallest absolute Gasteiger partial charge is 0.160 e. The summed E-state index contributed by atoms with van der Waals surface area (Å²) in [6.45, 7) is 2.34. The molecule has 2 nitrogen and oxygen atoms in total. The van der Waals surface area contributed by atoms with E-state index >= 15 is 0 Å². The fourth-order valence-corrected chi connectivity index (χ4v) is 1.33. The van der Waals surface area contributed by atoms with Crippen molar-refractivity contribution >= 4 is 5.78 Å². The van der Waals surface area contributed by atoms with Crippen molar-refractivity contribution in [3.63, 3.8) is 0 Å². The van der Waals surface area contributed by atoms with Gasteiger partial charge in [0.25, 0.3) is 0 Å². The third kappa shape index (κ3) is 1.25. The number of hydrogen-bond acceptors (Lipinski definition) is 2. The Balaban J connectivity index is 2.43. The maximum Gasteiger partial charge on any atom is 0.160 e. The molecular formula is C10H10O2. The van der Waals surface area contributed by atoms with Crippen molar-refractivity contribution in [1.29, 1.82) is 0 Å². The molecule has 0 saturated carbocycles. The lowest BCUT2D eigenvalue weighted by atomic mass is 10.0. The zero-order chi connectivity index (χ0) is 8.55. The normalized spacial score (nSPS) is 20.6. The zero-order valence-electron chi connectivity index (χ0n) is 6.91. The molecular weight excluding hydrogens is 152 g/mol. The second kappa shape index (κ2) is 2.72. The van der Waals surface area contributed by atoms with Crippen molar-refractivity contribution in [1.82, 2.24) is 0 Å². The summed E-state index contributed by atoms with van der Waals surface area (Å²) in [5.41, 5.74) is 1.82. The minimum Gasteiger partial charge on any atom is -0.368 e. The number of epoxide rings is 1. The first-order valence-corrected chi connectivity index (χ1v) is 4.00. The molecule has 62 valence electrons. The van der Waals surface area contributed by atoms with Gasteiger partial charge in [-0.1, -0.05) is 24.3 Å². The fourth-order valence-electron chi connectivity index (χ4n) is 1.33. The Hall–Kier alpha value is -1.15. The first-order chi connectivity index (χ1) is 5.79. The third-order valence-electron chi connectivity index (χ3n) is 2.02. The highest BCUT2D eigenvalue weighted by molar-refractivity contribution is 5.95. The molecule has 2 heteroatoms. The summed E-state index contributed by atoms with van der Waals surface area (Å²) in [7, 11) is 0. The SMILES string of the molecule is CC(=O)c1ccccc1C1CO1. The van der Waals surface area contributed by atoms with Gasteiger partial charge in [0, 0.05) is 5.56 Å². The molecule has 0 amide bonds. The molecule has 1 aliphatic rings. The standard InChI is InChI=1S/C10H10O2/c1-7(11)8-4-2-3-5-9(8)10-6-12-10/h2-5,10H,6H2,1H3. The maximum atomic E-state index is 11.1. The highest BCUT2D eigenvalue weighted by Gasteiger charge is 2.27. The van der Waals surface area contributed by atoms with Crippen LogP contribution in [0.1, 0.15) is 28.9 Å². The van der Waals surface area contributed by atoms with E-state index in [1.165, 1.54) is 0 Å². The molecule has 1 fully saturated rings. The Morgan fingerprint density at radius 1 is 1.50 bits per heavy atom. The van der Waals surface area contributed by atoms with E-state index in [9.17, 15) is 4.79 Å². The Labute approximate surface area is 71.2 Å². The molecule has 1 heterocycles. The van der Waals surface area contributed by atoms with E-state index in [1.807, 2.05) is 24.3 Å². The summed E-state index contributed by atoms with van der Waals surface area (Å²) in [5.74, 6) is 0.112. The van der Waals surface area contributed by atoms with Crippen LogP contribution in [0.3, 0.4) is 0 Å². The predicted octanol–water partition coefficient (Wildman–Crippen LogP) is 1.96. The second-order valence-electron chi connectivity index (χ2n) is 2.97. The van der Waals surface area contributed by atoms with Crippen molar-refractivity contribution in [3.05, 3.63) is 35.4 Å². The minimum atomic E-state index is 0.112. The molecule has 0 aliphatic carbocycles. The highest BCUT2D eigenvalue weighted by atomic mass is 16.6. The van der Waals surface area contributed by atoms with E-state index in [0.717, 1.165) is 17.7 Å². The number of ether oxygens (including phenoxy) is 1. The summed E-state index contributed by atoms with van der Waals surface area (Å²) in [6, 6.07) is 7.61. The largest absolute Gasteiger partial charge is 0.368 e. The van der Waals surface area contributed by atoms with E-state index in [1.54, 1.807) is 6.92 Å². The Morgan fingerprint density at radius 3 is 2.75 bits per heavy atom. The Bertz CT molecular complexity index is 313. The molecule has 1 aromatic carbocycles. The van der Waals surface area contributed by atoms with Crippen molar-refractivity contribution in [2.24, 2.45) is 0 Å². The van der Waals surface area contributed by atoms with E-state index in [2.05, 4.69) is 0 Å². The Morgan fingerprint density at radius 2 is 2.17 bits per heavy atom. The number of ketones is 1. The van der Waals surface area contributed by atoms with Crippen LogP contribution >= 0.6 is 0 Å². The molecule has 1 aromatic rings. The van der Waals surface area contributed by atoms with Gasteiger partial charge in [0.1, 0.15) is 6.10 Å². The lowest BCUT2D eigenvalue weighted by Gasteiger charge is -2.01. The van der Waals surface area contributed by atoms with E-state index in [0.29, 0.717) is 0 Å². The van der Waals surface area contributed by atoms with Gasteiger partial charge >= 0.3 is 0 Å². The van der Waals surface area contributed by atoms with Crippen LogP contribution in [0, 0.1) is 0 Å². The van der Waals surface area contributed by atoms with Crippen LogP contribution in [0.2, 0.25) is 0 Å². The molecule has 1 unspecified atom stereocenters. The van der Waals surface area contributed by atoms with Gasteiger partial charge < -0.3 is 4.74 Å². The number of carbonyl (C=O) groups excluding carboxylic acids is 1. The first-order valence-electron chi connectivity index (χ1n) is 4.00.